The summed E-state index contributed by atoms with van der Waals surface area (Å²) in [5, 5.41) is 5.55. The maximum absolute atomic E-state index is 6.24. The fraction of sp³-hybridized carbons (Fsp3) is 0.154. The van der Waals surface area contributed by atoms with Crippen LogP contribution in [0.4, 0.5) is 0 Å². The molecular formula is C13H12BrN3O. The lowest BCUT2D eigenvalue weighted by molar-refractivity contribution is 0.483. The summed E-state index contributed by atoms with van der Waals surface area (Å²) in [7, 11) is 1.91. The summed E-state index contributed by atoms with van der Waals surface area (Å²) < 4.78 is 8.12. The second-order valence-electron chi connectivity index (χ2n) is 4.14. The number of hydrogen-bond acceptors (Lipinski definition) is 3. The van der Waals surface area contributed by atoms with E-state index >= 15 is 0 Å². The van der Waals surface area contributed by atoms with Gasteiger partial charge in [0.2, 0.25) is 0 Å². The molecule has 0 aliphatic rings. The molecule has 0 amide bonds. The molecule has 0 saturated heterocycles. The van der Waals surface area contributed by atoms with Gasteiger partial charge in [0.05, 0.1) is 21.9 Å². The number of furan rings is 1. The molecule has 2 N–H and O–H groups in total. The molecule has 0 spiro atoms. The highest BCUT2D eigenvalue weighted by molar-refractivity contribution is 9.10. The lowest BCUT2D eigenvalue weighted by atomic mass is 10.1. The van der Waals surface area contributed by atoms with E-state index in [0.29, 0.717) is 5.76 Å². The van der Waals surface area contributed by atoms with Gasteiger partial charge in [0, 0.05) is 12.4 Å². The van der Waals surface area contributed by atoms with E-state index in [-0.39, 0.29) is 6.04 Å². The largest absolute Gasteiger partial charge is 0.466 e. The maximum Gasteiger partial charge on any atom is 0.140 e. The van der Waals surface area contributed by atoms with Crippen molar-refractivity contribution in [2.45, 2.75) is 6.04 Å². The molecule has 0 radical (unpaired) electrons. The number of halogens is 1. The molecule has 92 valence electrons. The van der Waals surface area contributed by atoms with Crippen LogP contribution in [0, 0.1) is 0 Å². The standard InChI is InChI=1S/C13H12BrN3O/c1-17-10-5-3-2-4-8(10)12(16-17)11(15)13-9(14)6-7-18-13/h2-7,11H,15H2,1H3. The predicted octanol–water partition coefficient (Wildman–Crippen LogP) is 2.98. The van der Waals surface area contributed by atoms with Crippen LogP contribution in [-0.2, 0) is 7.05 Å². The molecule has 3 aromatic rings. The molecule has 2 heterocycles. The van der Waals surface area contributed by atoms with Crippen molar-refractivity contribution in [3.63, 3.8) is 0 Å². The molecule has 1 unspecified atom stereocenters. The van der Waals surface area contributed by atoms with Crippen molar-refractivity contribution >= 4 is 26.8 Å². The van der Waals surface area contributed by atoms with E-state index in [0.717, 1.165) is 21.1 Å². The molecule has 5 heteroatoms. The van der Waals surface area contributed by atoms with E-state index in [1.54, 1.807) is 6.26 Å². The fourth-order valence-electron chi connectivity index (χ4n) is 2.12. The Bertz CT molecular complexity index is 701. The Morgan fingerprint density at radius 3 is 2.83 bits per heavy atom. The van der Waals surface area contributed by atoms with Gasteiger partial charge >= 0.3 is 0 Å². The minimum atomic E-state index is -0.375. The van der Waals surface area contributed by atoms with Crippen LogP contribution in [0.15, 0.2) is 45.5 Å². The summed E-state index contributed by atoms with van der Waals surface area (Å²) in [6, 6.07) is 9.48. The van der Waals surface area contributed by atoms with Crippen LogP contribution in [0.1, 0.15) is 17.5 Å². The molecule has 0 fully saturated rings. The maximum atomic E-state index is 6.24. The van der Waals surface area contributed by atoms with Gasteiger partial charge in [-0.25, -0.2) is 0 Å². The molecule has 0 aliphatic heterocycles. The molecule has 0 bridgehead atoms. The van der Waals surface area contributed by atoms with E-state index in [2.05, 4.69) is 21.0 Å². The molecule has 1 atom stereocenters. The zero-order chi connectivity index (χ0) is 12.7. The van der Waals surface area contributed by atoms with Crippen LogP contribution in [-0.4, -0.2) is 9.78 Å². The lowest BCUT2D eigenvalue weighted by Crippen LogP contribution is -2.12. The number of para-hydroxylation sites is 1. The number of benzene rings is 1. The molecular weight excluding hydrogens is 294 g/mol. The van der Waals surface area contributed by atoms with Crippen molar-refractivity contribution in [3.8, 4) is 0 Å². The lowest BCUT2D eigenvalue weighted by Gasteiger charge is -2.06. The normalized spacial score (nSPS) is 13.1. The summed E-state index contributed by atoms with van der Waals surface area (Å²) in [6.07, 6.45) is 1.62. The third kappa shape index (κ3) is 1.67. The molecule has 18 heavy (non-hydrogen) atoms. The van der Waals surface area contributed by atoms with Gasteiger partial charge in [0.1, 0.15) is 11.8 Å². The zero-order valence-corrected chi connectivity index (χ0v) is 11.4. The van der Waals surface area contributed by atoms with Gasteiger partial charge in [-0.15, -0.1) is 0 Å². The first-order valence-corrected chi connectivity index (χ1v) is 6.38. The van der Waals surface area contributed by atoms with Crippen LogP contribution in [0.25, 0.3) is 10.9 Å². The Labute approximate surface area is 113 Å². The molecule has 2 aromatic heterocycles. The Morgan fingerprint density at radius 1 is 1.33 bits per heavy atom. The highest BCUT2D eigenvalue weighted by atomic mass is 79.9. The number of nitrogens with zero attached hydrogens (tertiary/aromatic N) is 2. The monoisotopic (exact) mass is 305 g/mol. The first-order chi connectivity index (χ1) is 8.68. The van der Waals surface area contributed by atoms with Gasteiger partial charge in [-0.2, -0.15) is 5.10 Å². The van der Waals surface area contributed by atoms with Gasteiger partial charge in [-0.05, 0) is 28.1 Å². The van der Waals surface area contributed by atoms with Crippen LogP contribution in [0.3, 0.4) is 0 Å². The average molecular weight is 306 g/mol. The number of aryl methyl sites for hydroxylation is 1. The average Bonchev–Trinajstić information content (AvgIpc) is 2.94. The van der Waals surface area contributed by atoms with Crippen molar-refractivity contribution in [2.24, 2.45) is 12.8 Å². The SMILES string of the molecule is Cn1nc(C(N)c2occc2Br)c2ccccc21. The van der Waals surface area contributed by atoms with Gasteiger partial charge in [0.15, 0.2) is 0 Å². The van der Waals surface area contributed by atoms with Gasteiger partial charge < -0.3 is 10.2 Å². The molecule has 3 rings (SSSR count). The Balaban J connectivity index is 2.18. The summed E-state index contributed by atoms with van der Waals surface area (Å²) in [4.78, 5) is 0. The van der Waals surface area contributed by atoms with Crippen molar-refractivity contribution in [1.29, 1.82) is 0 Å². The number of rotatable bonds is 2. The van der Waals surface area contributed by atoms with Crippen LogP contribution >= 0.6 is 15.9 Å². The number of aromatic nitrogens is 2. The molecule has 1 aromatic carbocycles. The van der Waals surface area contributed by atoms with E-state index in [1.165, 1.54) is 0 Å². The van der Waals surface area contributed by atoms with E-state index < -0.39 is 0 Å². The van der Waals surface area contributed by atoms with Gasteiger partial charge in [-0.1, -0.05) is 18.2 Å². The third-order valence-corrected chi connectivity index (χ3v) is 3.66. The smallest absolute Gasteiger partial charge is 0.140 e. The van der Waals surface area contributed by atoms with Gasteiger partial charge in [0.25, 0.3) is 0 Å². The molecule has 4 nitrogen and oxygen atoms in total. The number of nitrogens with two attached hydrogens (primary N) is 1. The first-order valence-electron chi connectivity index (χ1n) is 5.58. The predicted molar refractivity (Wildman–Crippen MR) is 73.2 cm³/mol. The van der Waals surface area contributed by atoms with E-state index in [1.807, 2.05) is 42.1 Å². The van der Waals surface area contributed by atoms with Crippen LogP contribution in [0.5, 0.6) is 0 Å². The topological polar surface area (TPSA) is 57.0 Å². The molecule has 0 aliphatic carbocycles. The highest BCUT2D eigenvalue weighted by Gasteiger charge is 2.21. The van der Waals surface area contributed by atoms with Crippen LogP contribution < -0.4 is 5.73 Å². The minimum absolute atomic E-state index is 0.375. The Hall–Kier alpha value is -1.59. The zero-order valence-electron chi connectivity index (χ0n) is 9.80. The van der Waals surface area contributed by atoms with Crippen molar-refractivity contribution in [1.82, 2.24) is 9.78 Å². The van der Waals surface area contributed by atoms with Crippen LogP contribution in [0.2, 0.25) is 0 Å². The Morgan fingerprint density at radius 2 is 2.11 bits per heavy atom. The minimum Gasteiger partial charge on any atom is -0.466 e. The summed E-state index contributed by atoms with van der Waals surface area (Å²) in [5.41, 5.74) is 8.13. The summed E-state index contributed by atoms with van der Waals surface area (Å²) >= 11 is 3.43. The second-order valence-corrected chi connectivity index (χ2v) is 4.99. The highest BCUT2D eigenvalue weighted by Crippen LogP contribution is 2.30. The van der Waals surface area contributed by atoms with Crippen molar-refractivity contribution in [2.75, 3.05) is 0 Å². The fourth-order valence-corrected chi connectivity index (χ4v) is 2.57. The summed E-state index contributed by atoms with van der Waals surface area (Å²) in [5.74, 6) is 0.693. The van der Waals surface area contributed by atoms with E-state index in [9.17, 15) is 0 Å². The quantitative estimate of drug-likeness (QED) is 0.792. The van der Waals surface area contributed by atoms with Gasteiger partial charge in [-0.3, -0.25) is 4.68 Å². The summed E-state index contributed by atoms with van der Waals surface area (Å²) in [6.45, 7) is 0. The number of fused-ring (bicyclic) bond motifs is 1. The van der Waals surface area contributed by atoms with Crippen molar-refractivity contribution in [3.05, 3.63) is 52.5 Å². The Kier molecular flexibility index (Phi) is 2.72. The second kappa shape index (κ2) is 4.26. The number of hydrogen-bond donors (Lipinski definition) is 1. The van der Waals surface area contributed by atoms with E-state index in [4.69, 9.17) is 10.2 Å². The molecule has 0 saturated carbocycles. The van der Waals surface area contributed by atoms with Crippen molar-refractivity contribution < 1.29 is 4.42 Å². The third-order valence-electron chi connectivity index (χ3n) is 3.01. The first kappa shape index (κ1) is 11.5.